The number of ether oxygens (including phenoxy) is 1. The van der Waals surface area contributed by atoms with Crippen LogP contribution in [0.15, 0.2) is 52.9 Å². The molecular weight excluding hydrogens is 485 g/mol. The Hall–Kier alpha value is -2.53. The topological polar surface area (TPSA) is 111 Å². The average molecular weight is 522 g/mol. The van der Waals surface area contributed by atoms with E-state index in [1.54, 1.807) is 44.2 Å². The quantitative estimate of drug-likeness (QED) is 0.417. The molecular formula is C26H36FN3O5S. The summed E-state index contributed by atoms with van der Waals surface area (Å²) in [5, 5.41) is 20.3. The van der Waals surface area contributed by atoms with Crippen LogP contribution in [0.25, 0.3) is 0 Å². The van der Waals surface area contributed by atoms with E-state index in [4.69, 9.17) is 9.84 Å². The highest BCUT2D eigenvalue weighted by Gasteiger charge is 2.47. The molecule has 198 valence electrons. The number of nitrogens with one attached hydrogen (secondary N) is 1. The lowest BCUT2D eigenvalue weighted by Gasteiger charge is -2.38. The summed E-state index contributed by atoms with van der Waals surface area (Å²) in [6.07, 6.45) is 1.90. The number of benzene rings is 2. The third-order valence-electron chi connectivity index (χ3n) is 6.26. The molecule has 0 amide bonds. The van der Waals surface area contributed by atoms with Gasteiger partial charge in [-0.3, -0.25) is 0 Å². The van der Waals surface area contributed by atoms with Crippen molar-refractivity contribution in [2.75, 3.05) is 33.4 Å². The van der Waals surface area contributed by atoms with Gasteiger partial charge in [0.2, 0.25) is 0 Å². The Morgan fingerprint density at radius 1 is 1.11 bits per heavy atom. The van der Waals surface area contributed by atoms with Gasteiger partial charge in [0.25, 0.3) is 10.0 Å². The summed E-state index contributed by atoms with van der Waals surface area (Å²) in [6.45, 7) is 4.74. The van der Waals surface area contributed by atoms with Crippen LogP contribution in [0.5, 0.6) is 0 Å². The lowest BCUT2D eigenvalue weighted by Crippen LogP contribution is -2.47. The summed E-state index contributed by atoms with van der Waals surface area (Å²) in [4.78, 5) is 2.06. The number of nitrogens with zero attached hydrogens (tertiary/aromatic N) is 2. The first-order valence-electron chi connectivity index (χ1n) is 12.1. The highest BCUT2D eigenvalue weighted by molar-refractivity contribution is 7.90. The first-order valence-corrected chi connectivity index (χ1v) is 13.6. The first-order chi connectivity index (χ1) is 17.1. The van der Waals surface area contributed by atoms with Gasteiger partial charge in [-0.25, -0.2) is 12.8 Å². The molecule has 2 atom stereocenters. The van der Waals surface area contributed by atoms with E-state index in [9.17, 15) is 17.9 Å². The number of halogens is 1. The predicted octanol–water partition coefficient (Wildman–Crippen LogP) is 2.93. The minimum absolute atomic E-state index is 0.129. The highest BCUT2D eigenvalue weighted by Crippen LogP contribution is 2.40. The third-order valence-corrected chi connectivity index (χ3v) is 8.12. The molecule has 8 nitrogen and oxygen atoms in total. The molecule has 0 aromatic heterocycles. The Bertz CT molecular complexity index is 1140. The Morgan fingerprint density at radius 2 is 1.81 bits per heavy atom. The Morgan fingerprint density at radius 3 is 2.42 bits per heavy atom. The molecule has 36 heavy (non-hydrogen) atoms. The van der Waals surface area contributed by atoms with Gasteiger partial charge in [-0.15, -0.1) is 4.40 Å². The zero-order chi connectivity index (χ0) is 26.3. The molecule has 0 aliphatic carbocycles. The SMILES string of the molecule is CN(CCO)CCCc1ccc(C2C(C)(C)OC(N[C@@H](CCO)c3ccccc3F)=NS2(=O)=O)cc1. The molecule has 0 saturated carbocycles. The molecule has 0 bridgehead atoms. The van der Waals surface area contributed by atoms with Crippen LogP contribution in [0, 0.1) is 5.82 Å². The maximum absolute atomic E-state index is 14.4. The van der Waals surface area contributed by atoms with Gasteiger partial charge in [-0.1, -0.05) is 42.5 Å². The minimum atomic E-state index is -4.02. The van der Waals surface area contributed by atoms with Crippen LogP contribution in [0.2, 0.25) is 0 Å². The number of rotatable bonds is 11. The number of hydrogen-bond donors (Lipinski definition) is 3. The average Bonchev–Trinajstić information content (AvgIpc) is 2.79. The van der Waals surface area contributed by atoms with Crippen LogP contribution >= 0.6 is 0 Å². The van der Waals surface area contributed by atoms with E-state index in [-0.39, 0.29) is 31.2 Å². The van der Waals surface area contributed by atoms with Gasteiger partial charge < -0.3 is 25.2 Å². The number of amidine groups is 1. The number of hydrogen-bond acceptors (Lipinski definition) is 7. The normalized spacial score (nSPS) is 19.4. The summed E-state index contributed by atoms with van der Waals surface area (Å²) in [5.74, 6) is -0.472. The van der Waals surface area contributed by atoms with Gasteiger partial charge in [0.05, 0.1) is 12.6 Å². The van der Waals surface area contributed by atoms with Crippen molar-refractivity contribution in [1.82, 2.24) is 10.2 Å². The van der Waals surface area contributed by atoms with Crippen LogP contribution in [0.3, 0.4) is 0 Å². The van der Waals surface area contributed by atoms with E-state index in [1.807, 2.05) is 19.2 Å². The number of aliphatic hydroxyl groups excluding tert-OH is 2. The van der Waals surface area contributed by atoms with E-state index in [0.717, 1.165) is 24.9 Å². The van der Waals surface area contributed by atoms with E-state index in [1.165, 1.54) is 6.07 Å². The third kappa shape index (κ3) is 7.03. The van der Waals surface area contributed by atoms with Crippen LogP contribution in [0.1, 0.15) is 54.7 Å². The molecule has 3 N–H and O–H groups in total. The molecule has 0 radical (unpaired) electrons. The fourth-order valence-electron chi connectivity index (χ4n) is 4.51. The summed E-state index contributed by atoms with van der Waals surface area (Å²) in [7, 11) is -2.06. The zero-order valence-corrected chi connectivity index (χ0v) is 21.8. The lowest BCUT2D eigenvalue weighted by atomic mass is 9.96. The highest BCUT2D eigenvalue weighted by atomic mass is 32.2. The first kappa shape index (κ1) is 28.0. The van der Waals surface area contributed by atoms with Gasteiger partial charge in [-0.05, 0) is 63.9 Å². The van der Waals surface area contributed by atoms with E-state index < -0.39 is 32.7 Å². The smallest absolute Gasteiger partial charge is 0.301 e. The molecule has 0 spiro atoms. The molecule has 0 saturated heterocycles. The number of sulfonamides is 1. The molecule has 1 unspecified atom stereocenters. The van der Waals surface area contributed by atoms with Crippen molar-refractivity contribution in [3.8, 4) is 0 Å². The van der Waals surface area contributed by atoms with Gasteiger partial charge in [0.1, 0.15) is 16.7 Å². The maximum atomic E-state index is 14.4. The van der Waals surface area contributed by atoms with Crippen molar-refractivity contribution in [1.29, 1.82) is 0 Å². The largest absolute Gasteiger partial charge is 0.457 e. The second-order valence-electron chi connectivity index (χ2n) is 9.60. The summed E-state index contributed by atoms with van der Waals surface area (Å²) >= 11 is 0. The monoisotopic (exact) mass is 521 g/mol. The molecule has 0 fully saturated rings. The molecule has 1 aliphatic heterocycles. The molecule has 2 aromatic carbocycles. The molecule has 10 heteroatoms. The van der Waals surface area contributed by atoms with Crippen molar-refractivity contribution in [2.45, 2.75) is 50.0 Å². The van der Waals surface area contributed by atoms with E-state index in [2.05, 4.69) is 14.6 Å². The fourth-order valence-corrected chi connectivity index (χ4v) is 6.21. The van der Waals surface area contributed by atoms with E-state index >= 15 is 0 Å². The van der Waals surface area contributed by atoms with Gasteiger partial charge in [0, 0.05) is 18.7 Å². The number of aliphatic hydroxyl groups is 2. The van der Waals surface area contributed by atoms with Crippen LogP contribution < -0.4 is 5.32 Å². The maximum Gasteiger partial charge on any atom is 0.301 e. The standard InChI is InChI=1S/C26H36FN3O5S/c1-26(2)24(20-12-10-19(11-13-20)7-6-15-30(3)16-18-32)36(33,34)29-25(35-26)28-23(14-17-31)21-8-4-5-9-22(21)27/h4-5,8-13,23-24,31-32H,6-7,14-18H2,1-3H3,(H,28,29)/t23-,24?/m0/s1. The lowest BCUT2D eigenvalue weighted by molar-refractivity contribution is 0.0759. The van der Waals surface area contributed by atoms with Gasteiger partial charge >= 0.3 is 6.02 Å². The molecule has 2 aromatic rings. The Kier molecular flexibility index (Phi) is 9.46. The van der Waals surface area contributed by atoms with Crippen LogP contribution in [0.4, 0.5) is 4.39 Å². The van der Waals surface area contributed by atoms with Crippen molar-refractivity contribution in [3.63, 3.8) is 0 Å². The zero-order valence-electron chi connectivity index (χ0n) is 21.0. The van der Waals surface area contributed by atoms with Crippen molar-refractivity contribution >= 4 is 16.0 Å². The Balaban J connectivity index is 1.77. The summed E-state index contributed by atoms with van der Waals surface area (Å²) in [6, 6.07) is 12.6. The summed E-state index contributed by atoms with van der Waals surface area (Å²) < 4.78 is 50.8. The van der Waals surface area contributed by atoms with Gasteiger partial charge in [-0.2, -0.15) is 0 Å². The number of likely N-dealkylation sites (N-methyl/N-ethyl adjacent to an activating group) is 1. The van der Waals surface area contributed by atoms with Crippen molar-refractivity contribution in [2.24, 2.45) is 4.40 Å². The fraction of sp³-hybridized carbons (Fsp3) is 0.500. The second kappa shape index (κ2) is 12.1. The van der Waals surface area contributed by atoms with Crippen LogP contribution in [-0.4, -0.2) is 68.5 Å². The van der Waals surface area contributed by atoms with Gasteiger partial charge in [0.15, 0.2) is 0 Å². The molecule has 1 aliphatic rings. The van der Waals surface area contributed by atoms with E-state index in [0.29, 0.717) is 12.1 Å². The molecule has 1 heterocycles. The summed E-state index contributed by atoms with van der Waals surface area (Å²) in [5.41, 5.74) is 0.792. The van der Waals surface area contributed by atoms with Crippen molar-refractivity contribution < 1.29 is 27.8 Å². The van der Waals surface area contributed by atoms with Crippen molar-refractivity contribution in [3.05, 3.63) is 71.0 Å². The second-order valence-corrected chi connectivity index (χ2v) is 11.3. The van der Waals surface area contributed by atoms with Crippen LogP contribution in [-0.2, 0) is 21.2 Å². The number of aryl methyl sites for hydroxylation is 1. The Labute approximate surface area is 212 Å². The predicted molar refractivity (Wildman–Crippen MR) is 138 cm³/mol. The molecule has 3 rings (SSSR count). The minimum Gasteiger partial charge on any atom is -0.457 e.